The summed E-state index contributed by atoms with van der Waals surface area (Å²) in [5.74, 6) is 1.31. The lowest BCUT2D eigenvalue weighted by Gasteiger charge is -2.17. The fourth-order valence-corrected chi connectivity index (χ4v) is 4.47. The van der Waals surface area contributed by atoms with Crippen LogP contribution in [0.2, 0.25) is 0 Å². The minimum atomic E-state index is 0.379. The molecule has 1 nitrogen and oxygen atoms in total. The molecule has 0 spiro atoms. The van der Waals surface area contributed by atoms with Crippen LogP contribution in [-0.4, -0.2) is 5.11 Å². The quantitative estimate of drug-likeness (QED) is 0.215. The summed E-state index contributed by atoms with van der Waals surface area (Å²) in [7, 11) is 0. The maximum atomic E-state index is 9.45. The first-order valence-corrected chi connectivity index (χ1v) is 13.0. The summed E-state index contributed by atoms with van der Waals surface area (Å²) in [6.07, 6.45) is 26.6. The van der Waals surface area contributed by atoms with Crippen molar-refractivity contribution in [3.05, 3.63) is 29.8 Å². The third kappa shape index (κ3) is 15.5. The van der Waals surface area contributed by atoms with Crippen molar-refractivity contribution in [2.75, 3.05) is 0 Å². The first-order valence-electron chi connectivity index (χ1n) is 13.0. The molecular weight excluding hydrogens is 352 g/mol. The molecule has 0 saturated heterocycles. The lowest BCUT2D eigenvalue weighted by Crippen LogP contribution is -2.02. The van der Waals surface area contributed by atoms with Gasteiger partial charge in [-0.05, 0) is 36.5 Å². The summed E-state index contributed by atoms with van der Waals surface area (Å²) in [5.41, 5.74) is 1.37. The lowest BCUT2D eigenvalue weighted by molar-refractivity contribution is 0.372. The molecule has 0 radical (unpaired) electrons. The Labute approximate surface area is 182 Å². The summed E-state index contributed by atoms with van der Waals surface area (Å²) in [6.45, 7) is 4.60. The molecule has 1 heteroatoms. The normalized spacial score (nSPS) is 11.4. The molecule has 168 valence electrons. The van der Waals surface area contributed by atoms with E-state index >= 15 is 0 Å². The van der Waals surface area contributed by atoms with E-state index in [9.17, 15) is 5.11 Å². The maximum Gasteiger partial charge on any atom is 0.115 e. The average Bonchev–Trinajstić information content (AvgIpc) is 2.73. The SMILES string of the molecule is CCCCCCCCCC(CCCCCCCCC)CCCc1ccc(O)cc1. The van der Waals surface area contributed by atoms with E-state index in [0.29, 0.717) is 5.75 Å². The molecule has 0 bridgehead atoms. The minimum Gasteiger partial charge on any atom is -0.508 e. The van der Waals surface area contributed by atoms with E-state index in [1.807, 2.05) is 12.1 Å². The molecule has 1 N–H and O–H groups in total. The van der Waals surface area contributed by atoms with Crippen LogP contribution in [0.4, 0.5) is 0 Å². The van der Waals surface area contributed by atoms with Gasteiger partial charge in [-0.3, -0.25) is 0 Å². The van der Waals surface area contributed by atoms with Gasteiger partial charge in [0.15, 0.2) is 0 Å². The van der Waals surface area contributed by atoms with E-state index in [4.69, 9.17) is 0 Å². The Balaban J connectivity index is 2.22. The molecule has 29 heavy (non-hydrogen) atoms. The second-order valence-electron chi connectivity index (χ2n) is 9.24. The number of hydrogen-bond donors (Lipinski definition) is 1. The number of aromatic hydroxyl groups is 1. The number of unbranched alkanes of at least 4 members (excludes halogenated alkanes) is 12. The van der Waals surface area contributed by atoms with Crippen LogP contribution < -0.4 is 0 Å². The van der Waals surface area contributed by atoms with E-state index in [0.717, 1.165) is 12.3 Å². The largest absolute Gasteiger partial charge is 0.508 e. The van der Waals surface area contributed by atoms with Gasteiger partial charge in [0.05, 0.1) is 0 Å². The van der Waals surface area contributed by atoms with Crippen molar-refractivity contribution in [2.24, 2.45) is 5.92 Å². The molecule has 0 fully saturated rings. The van der Waals surface area contributed by atoms with Crippen LogP contribution in [0.3, 0.4) is 0 Å². The van der Waals surface area contributed by atoms with Crippen molar-refractivity contribution in [1.82, 2.24) is 0 Å². The summed E-state index contributed by atoms with van der Waals surface area (Å²) < 4.78 is 0. The van der Waals surface area contributed by atoms with Crippen molar-refractivity contribution in [3.63, 3.8) is 0 Å². The number of phenols is 1. The molecule has 0 aliphatic rings. The van der Waals surface area contributed by atoms with E-state index in [2.05, 4.69) is 26.0 Å². The highest BCUT2D eigenvalue weighted by atomic mass is 16.3. The third-order valence-electron chi connectivity index (χ3n) is 6.45. The van der Waals surface area contributed by atoms with E-state index in [1.165, 1.54) is 121 Å². The second-order valence-corrected chi connectivity index (χ2v) is 9.24. The molecular formula is C28H50O. The molecule has 1 aromatic carbocycles. The van der Waals surface area contributed by atoms with Crippen molar-refractivity contribution in [3.8, 4) is 5.75 Å². The number of phenolic OH excluding ortho intramolecular Hbond substituents is 1. The van der Waals surface area contributed by atoms with E-state index in [-0.39, 0.29) is 0 Å². The molecule has 0 atom stereocenters. The highest BCUT2D eigenvalue weighted by Gasteiger charge is 2.09. The molecule has 1 rings (SSSR count). The number of rotatable bonds is 20. The van der Waals surface area contributed by atoms with Crippen molar-refractivity contribution < 1.29 is 5.11 Å². The van der Waals surface area contributed by atoms with Gasteiger partial charge in [-0.2, -0.15) is 0 Å². The Morgan fingerprint density at radius 3 is 1.45 bits per heavy atom. The van der Waals surface area contributed by atoms with Crippen LogP contribution in [0, 0.1) is 5.92 Å². The summed E-state index contributed by atoms with van der Waals surface area (Å²) >= 11 is 0. The van der Waals surface area contributed by atoms with Crippen LogP contribution in [-0.2, 0) is 6.42 Å². The third-order valence-corrected chi connectivity index (χ3v) is 6.45. The van der Waals surface area contributed by atoms with Crippen molar-refractivity contribution in [1.29, 1.82) is 0 Å². The van der Waals surface area contributed by atoms with Gasteiger partial charge in [0, 0.05) is 0 Å². The molecule has 0 heterocycles. The van der Waals surface area contributed by atoms with Gasteiger partial charge in [0.2, 0.25) is 0 Å². The summed E-state index contributed by atoms with van der Waals surface area (Å²) in [5, 5.41) is 9.45. The van der Waals surface area contributed by atoms with Gasteiger partial charge in [-0.15, -0.1) is 0 Å². The topological polar surface area (TPSA) is 20.2 Å². The predicted octanol–water partition coefficient (Wildman–Crippen LogP) is 9.61. The van der Waals surface area contributed by atoms with Gasteiger partial charge in [-0.1, -0.05) is 135 Å². The Morgan fingerprint density at radius 1 is 0.552 bits per heavy atom. The van der Waals surface area contributed by atoms with Gasteiger partial charge < -0.3 is 5.11 Å². The first-order chi connectivity index (χ1) is 14.3. The molecule has 0 unspecified atom stereocenters. The average molecular weight is 403 g/mol. The summed E-state index contributed by atoms with van der Waals surface area (Å²) in [6, 6.07) is 7.81. The van der Waals surface area contributed by atoms with Gasteiger partial charge >= 0.3 is 0 Å². The highest BCUT2D eigenvalue weighted by molar-refractivity contribution is 5.25. The standard InChI is InChI=1S/C28H50O/c1-3-5-7-9-11-13-15-18-26(19-16-14-12-10-8-6-4-2)20-17-21-27-22-24-28(29)25-23-27/h22-26,29H,3-21H2,1-2H3. The fraction of sp³-hybridized carbons (Fsp3) is 0.786. The monoisotopic (exact) mass is 402 g/mol. The molecule has 0 aromatic heterocycles. The van der Waals surface area contributed by atoms with E-state index in [1.54, 1.807) is 0 Å². The highest BCUT2D eigenvalue weighted by Crippen LogP contribution is 2.24. The van der Waals surface area contributed by atoms with Crippen molar-refractivity contribution >= 4 is 0 Å². The van der Waals surface area contributed by atoms with Crippen molar-refractivity contribution in [2.45, 2.75) is 136 Å². The Hall–Kier alpha value is -0.980. The zero-order valence-corrected chi connectivity index (χ0v) is 19.8. The molecule has 0 saturated carbocycles. The zero-order chi connectivity index (χ0) is 21.0. The van der Waals surface area contributed by atoms with Crippen LogP contribution in [0.5, 0.6) is 5.75 Å². The predicted molar refractivity (Wildman–Crippen MR) is 130 cm³/mol. The van der Waals surface area contributed by atoms with Gasteiger partial charge in [-0.25, -0.2) is 0 Å². The Morgan fingerprint density at radius 2 is 0.966 bits per heavy atom. The Kier molecular flexibility index (Phi) is 17.1. The minimum absolute atomic E-state index is 0.379. The van der Waals surface area contributed by atoms with E-state index < -0.39 is 0 Å². The van der Waals surface area contributed by atoms with Crippen LogP contribution in [0.1, 0.15) is 135 Å². The second kappa shape index (κ2) is 19.0. The molecule has 1 aromatic rings. The maximum absolute atomic E-state index is 9.45. The van der Waals surface area contributed by atoms with Crippen LogP contribution in [0.15, 0.2) is 24.3 Å². The van der Waals surface area contributed by atoms with Crippen LogP contribution in [0.25, 0.3) is 0 Å². The first kappa shape index (κ1) is 26.1. The molecule has 0 aliphatic heterocycles. The lowest BCUT2D eigenvalue weighted by atomic mass is 9.89. The molecule has 0 aliphatic carbocycles. The van der Waals surface area contributed by atoms with Gasteiger partial charge in [0.1, 0.15) is 5.75 Å². The zero-order valence-electron chi connectivity index (χ0n) is 19.8. The van der Waals surface area contributed by atoms with Crippen LogP contribution >= 0.6 is 0 Å². The summed E-state index contributed by atoms with van der Waals surface area (Å²) in [4.78, 5) is 0. The molecule has 0 amide bonds. The number of aryl methyl sites for hydroxylation is 1. The fourth-order valence-electron chi connectivity index (χ4n) is 4.47. The smallest absolute Gasteiger partial charge is 0.115 e. The Bertz CT molecular complexity index is 432. The number of benzene rings is 1. The van der Waals surface area contributed by atoms with Gasteiger partial charge in [0.25, 0.3) is 0 Å². The number of hydrogen-bond acceptors (Lipinski definition) is 1.